The van der Waals surface area contributed by atoms with Crippen molar-refractivity contribution in [2.45, 2.75) is 43.5 Å². The van der Waals surface area contributed by atoms with Crippen molar-refractivity contribution in [3.63, 3.8) is 0 Å². The van der Waals surface area contributed by atoms with Crippen LogP contribution in [-0.2, 0) is 14.8 Å². The van der Waals surface area contributed by atoms with Crippen molar-refractivity contribution in [1.29, 1.82) is 0 Å². The molecule has 1 atom stereocenters. The average Bonchev–Trinajstić information content (AvgIpc) is 2.63. The van der Waals surface area contributed by atoms with E-state index in [1.54, 1.807) is 6.07 Å². The topological polar surface area (TPSA) is 120 Å². The van der Waals surface area contributed by atoms with Gasteiger partial charge in [-0.15, -0.1) is 0 Å². The van der Waals surface area contributed by atoms with E-state index in [-0.39, 0.29) is 16.8 Å². The second-order valence-corrected chi connectivity index (χ2v) is 7.99. The van der Waals surface area contributed by atoms with Gasteiger partial charge < -0.3 is 20.5 Å². The Bertz CT molecular complexity index is 708. The van der Waals surface area contributed by atoms with Crippen molar-refractivity contribution in [2.75, 3.05) is 26.3 Å². The predicted molar refractivity (Wildman–Crippen MR) is 97.7 cm³/mol. The molecule has 1 heterocycles. The molecule has 0 aromatic heterocycles. The Kier molecular flexibility index (Phi) is 7.67. The summed E-state index contributed by atoms with van der Waals surface area (Å²) in [5.74, 6) is 0.967. The Balaban J connectivity index is 1.71. The molecular formula is C17H27N3O5S. The Morgan fingerprint density at radius 1 is 1.19 bits per heavy atom. The molecule has 1 aliphatic heterocycles. The van der Waals surface area contributed by atoms with Crippen LogP contribution in [-0.4, -0.2) is 46.7 Å². The molecular weight excluding hydrogens is 358 g/mol. The Morgan fingerprint density at radius 2 is 1.92 bits per heavy atom. The maximum Gasteiger partial charge on any atom is 0.240 e. The van der Waals surface area contributed by atoms with Crippen LogP contribution in [0, 0.1) is 0 Å². The Hall–Kier alpha value is -1.84. The van der Waals surface area contributed by atoms with Gasteiger partial charge in [-0.3, -0.25) is 4.79 Å². The third kappa shape index (κ3) is 6.15. The summed E-state index contributed by atoms with van der Waals surface area (Å²) in [5.41, 5.74) is 5.45. The van der Waals surface area contributed by atoms with E-state index < -0.39 is 10.0 Å². The van der Waals surface area contributed by atoms with E-state index in [1.807, 2.05) is 6.92 Å². The fraction of sp³-hybridized carbons (Fsp3) is 0.588. The fourth-order valence-electron chi connectivity index (χ4n) is 2.47. The van der Waals surface area contributed by atoms with E-state index in [2.05, 4.69) is 10.0 Å². The number of nitrogens with two attached hydrogens (primary N) is 1. The lowest BCUT2D eigenvalue weighted by molar-refractivity contribution is -0.121. The molecule has 1 amide bonds. The standard InChI is InChI=1S/C17H27N3O5S/c1-13(12-18)20-17(21)5-3-2-4-8-19-26(22,23)14-6-7-15-16(11-14)25-10-9-24-15/h6-7,11,13,19H,2-5,8-10,12,18H2,1H3,(H,20,21)/t13-/m0/s1. The van der Waals surface area contributed by atoms with Gasteiger partial charge in [-0.1, -0.05) is 6.42 Å². The zero-order chi connectivity index (χ0) is 19.0. The zero-order valence-electron chi connectivity index (χ0n) is 15.0. The fourth-order valence-corrected chi connectivity index (χ4v) is 3.56. The van der Waals surface area contributed by atoms with Crippen LogP contribution in [0.1, 0.15) is 32.6 Å². The van der Waals surface area contributed by atoms with E-state index in [0.29, 0.717) is 57.1 Å². The first kappa shape index (κ1) is 20.5. The summed E-state index contributed by atoms with van der Waals surface area (Å²) in [6, 6.07) is 4.54. The van der Waals surface area contributed by atoms with Crippen LogP contribution in [0.5, 0.6) is 11.5 Å². The molecule has 8 nitrogen and oxygen atoms in total. The number of benzene rings is 1. The predicted octanol–water partition coefficient (Wildman–Crippen LogP) is 0.760. The molecule has 0 saturated carbocycles. The number of hydrogen-bond acceptors (Lipinski definition) is 6. The lowest BCUT2D eigenvalue weighted by Crippen LogP contribution is -2.37. The van der Waals surface area contributed by atoms with Gasteiger partial charge >= 0.3 is 0 Å². The van der Waals surface area contributed by atoms with Crippen LogP contribution in [0.2, 0.25) is 0 Å². The molecule has 2 rings (SSSR count). The third-order valence-corrected chi connectivity index (χ3v) is 5.42. The summed E-state index contributed by atoms with van der Waals surface area (Å²) in [4.78, 5) is 11.8. The van der Waals surface area contributed by atoms with Crippen molar-refractivity contribution < 1.29 is 22.7 Å². The number of carbonyl (C=O) groups excluding carboxylic acids is 1. The van der Waals surface area contributed by atoms with Gasteiger partial charge in [0.05, 0.1) is 4.90 Å². The first-order valence-electron chi connectivity index (χ1n) is 8.81. The van der Waals surface area contributed by atoms with Crippen LogP contribution in [0.15, 0.2) is 23.1 Å². The van der Waals surface area contributed by atoms with Gasteiger partial charge in [-0.2, -0.15) is 0 Å². The van der Waals surface area contributed by atoms with E-state index in [4.69, 9.17) is 15.2 Å². The Labute approximate surface area is 154 Å². The van der Waals surface area contributed by atoms with E-state index in [9.17, 15) is 13.2 Å². The minimum absolute atomic E-state index is 0.0275. The van der Waals surface area contributed by atoms with Crippen molar-refractivity contribution in [1.82, 2.24) is 10.0 Å². The van der Waals surface area contributed by atoms with E-state index in [0.717, 1.165) is 6.42 Å². The minimum Gasteiger partial charge on any atom is -0.486 e. The average molecular weight is 385 g/mol. The van der Waals surface area contributed by atoms with Crippen LogP contribution < -0.4 is 25.2 Å². The number of rotatable bonds is 10. The van der Waals surface area contributed by atoms with Crippen molar-refractivity contribution in [2.24, 2.45) is 5.73 Å². The number of unbranched alkanes of at least 4 members (excludes halogenated alkanes) is 2. The lowest BCUT2D eigenvalue weighted by Gasteiger charge is -2.18. The monoisotopic (exact) mass is 385 g/mol. The van der Waals surface area contributed by atoms with Crippen LogP contribution in [0.4, 0.5) is 0 Å². The van der Waals surface area contributed by atoms with Gasteiger partial charge in [0.15, 0.2) is 11.5 Å². The quantitative estimate of drug-likeness (QED) is 0.512. The maximum atomic E-state index is 12.3. The highest BCUT2D eigenvalue weighted by molar-refractivity contribution is 7.89. The van der Waals surface area contributed by atoms with E-state index >= 15 is 0 Å². The van der Waals surface area contributed by atoms with Gasteiger partial charge in [0, 0.05) is 31.6 Å². The van der Waals surface area contributed by atoms with Crippen molar-refractivity contribution >= 4 is 15.9 Å². The van der Waals surface area contributed by atoms with Gasteiger partial charge in [0.2, 0.25) is 15.9 Å². The number of ether oxygens (including phenoxy) is 2. The smallest absolute Gasteiger partial charge is 0.240 e. The normalized spacial score (nSPS) is 14.7. The highest BCUT2D eigenvalue weighted by Gasteiger charge is 2.18. The number of fused-ring (bicyclic) bond motifs is 1. The number of carbonyl (C=O) groups is 1. The summed E-state index contributed by atoms with van der Waals surface area (Å²) < 4.78 is 38.0. The second kappa shape index (κ2) is 9.75. The number of sulfonamides is 1. The first-order valence-corrected chi connectivity index (χ1v) is 10.3. The molecule has 0 unspecified atom stereocenters. The number of hydrogen-bond donors (Lipinski definition) is 3. The summed E-state index contributed by atoms with van der Waals surface area (Å²) in [7, 11) is -3.60. The second-order valence-electron chi connectivity index (χ2n) is 6.22. The molecule has 0 aliphatic carbocycles. The molecule has 1 aromatic carbocycles. The van der Waals surface area contributed by atoms with Gasteiger partial charge in [0.1, 0.15) is 13.2 Å². The minimum atomic E-state index is -3.60. The lowest BCUT2D eigenvalue weighted by atomic mass is 10.2. The van der Waals surface area contributed by atoms with Crippen LogP contribution >= 0.6 is 0 Å². The summed E-state index contributed by atoms with van der Waals surface area (Å²) in [5, 5.41) is 2.79. The molecule has 146 valence electrons. The highest BCUT2D eigenvalue weighted by Crippen LogP contribution is 2.32. The van der Waals surface area contributed by atoms with Crippen LogP contribution in [0.3, 0.4) is 0 Å². The molecule has 0 radical (unpaired) electrons. The third-order valence-electron chi connectivity index (χ3n) is 3.96. The molecule has 0 fully saturated rings. The molecule has 9 heteroatoms. The maximum absolute atomic E-state index is 12.3. The van der Waals surface area contributed by atoms with Crippen molar-refractivity contribution in [3.8, 4) is 11.5 Å². The Morgan fingerprint density at radius 3 is 2.65 bits per heavy atom. The molecule has 4 N–H and O–H groups in total. The molecule has 0 spiro atoms. The first-order chi connectivity index (χ1) is 12.4. The largest absolute Gasteiger partial charge is 0.486 e. The molecule has 26 heavy (non-hydrogen) atoms. The summed E-state index contributed by atoms with van der Waals surface area (Å²) in [6.45, 7) is 3.44. The van der Waals surface area contributed by atoms with E-state index in [1.165, 1.54) is 12.1 Å². The zero-order valence-corrected chi connectivity index (χ0v) is 15.8. The number of nitrogens with one attached hydrogen (secondary N) is 2. The highest BCUT2D eigenvalue weighted by atomic mass is 32.2. The van der Waals surface area contributed by atoms with Crippen molar-refractivity contribution in [3.05, 3.63) is 18.2 Å². The number of amides is 1. The summed E-state index contributed by atoms with van der Waals surface area (Å²) >= 11 is 0. The van der Waals surface area contributed by atoms with Gasteiger partial charge in [-0.25, -0.2) is 13.1 Å². The molecule has 0 saturated heterocycles. The molecule has 1 aromatic rings. The van der Waals surface area contributed by atoms with Gasteiger partial charge in [-0.05, 0) is 31.9 Å². The van der Waals surface area contributed by atoms with Gasteiger partial charge in [0.25, 0.3) is 0 Å². The summed E-state index contributed by atoms with van der Waals surface area (Å²) in [6.07, 6.45) is 2.53. The molecule has 0 bridgehead atoms. The SMILES string of the molecule is C[C@@H](CN)NC(=O)CCCCCNS(=O)(=O)c1ccc2c(c1)OCCO2. The molecule has 1 aliphatic rings. The van der Waals surface area contributed by atoms with Crippen LogP contribution in [0.25, 0.3) is 0 Å².